The van der Waals surface area contributed by atoms with E-state index in [1.54, 1.807) is 30.6 Å². The summed E-state index contributed by atoms with van der Waals surface area (Å²) in [5.41, 5.74) is 2.23. The fourth-order valence-corrected chi connectivity index (χ4v) is 11.3. The Morgan fingerprint density at radius 3 is 1.59 bits per heavy atom. The van der Waals surface area contributed by atoms with E-state index in [4.69, 9.17) is 4.74 Å². The molecule has 12 nitrogen and oxygen atoms in total. The van der Waals surface area contributed by atoms with E-state index >= 15 is 0 Å². The number of carboxylic acid groups (broad SMARTS) is 2. The number of carbonyl (C=O) groups is 5. The van der Waals surface area contributed by atoms with E-state index in [1.807, 2.05) is 72.8 Å². The number of nitrogens with zero attached hydrogens (tertiary/aromatic N) is 3. The average molecular weight is 869 g/mol. The number of benzene rings is 2. The van der Waals surface area contributed by atoms with E-state index in [1.165, 1.54) is 46.8 Å². The first-order valence-electron chi connectivity index (χ1n) is 21.5. The van der Waals surface area contributed by atoms with Crippen LogP contribution in [-0.4, -0.2) is 88.8 Å². The molecule has 0 spiro atoms. The lowest BCUT2D eigenvalue weighted by molar-refractivity contribution is -0.123. The van der Waals surface area contributed by atoms with E-state index in [-0.39, 0.29) is 52.7 Å². The number of carbonyl (C=O) groups excluding carboxylic acids is 3. The van der Waals surface area contributed by atoms with E-state index < -0.39 is 23.6 Å². The maximum atomic E-state index is 13.5. The van der Waals surface area contributed by atoms with Gasteiger partial charge in [0.05, 0.1) is 30.0 Å². The summed E-state index contributed by atoms with van der Waals surface area (Å²) < 4.78 is 5.55. The van der Waals surface area contributed by atoms with Crippen molar-refractivity contribution in [2.75, 3.05) is 36.0 Å². The third-order valence-corrected chi connectivity index (χ3v) is 14.4. The summed E-state index contributed by atoms with van der Waals surface area (Å²) in [5.74, 6) is -1.69. The Balaban J connectivity index is 0.000000189. The molecule has 2 aromatic carbocycles. The van der Waals surface area contributed by atoms with E-state index in [9.17, 15) is 34.2 Å². The quantitative estimate of drug-likeness (QED) is 0.157. The first kappa shape index (κ1) is 44.0. The van der Waals surface area contributed by atoms with E-state index in [0.29, 0.717) is 23.8 Å². The number of aromatic carboxylic acids is 2. The average Bonchev–Trinajstić information content (AvgIpc) is 3.91. The molecular formula is C47H56N4O8S2. The van der Waals surface area contributed by atoms with Crippen LogP contribution in [0.2, 0.25) is 0 Å². The highest BCUT2D eigenvalue weighted by atomic mass is 32.1. The lowest BCUT2D eigenvalue weighted by Crippen LogP contribution is -2.61. The molecule has 2 aliphatic carbocycles. The smallest absolute Gasteiger partial charge is 0.410 e. The molecule has 61 heavy (non-hydrogen) atoms. The normalized spacial score (nSPS) is 20.5. The molecule has 2 aliphatic heterocycles. The van der Waals surface area contributed by atoms with Crippen molar-refractivity contribution in [3.8, 4) is 20.9 Å². The molecule has 2 unspecified atom stereocenters. The van der Waals surface area contributed by atoms with Crippen LogP contribution in [0.1, 0.15) is 104 Å². The number of thiophene rings is 2. The minimum absolute atomic E-state index is 0.0304. The van der Waals surface area contributed by atoms with Crippen LogP contribution in [0.15, 0.2) is 72.8 Å². The number of carboxylic acids is 2. The van der Waals surface area contributed by atoms with Crippen LogP contribution in [0.4, 0.5) is 16.2 Å². The van der Waals surface area contributed by atoms with Crippen LogP contribution in [-0.2, 0) is 14.3 Å². The Labute approximate surface area is 365 Å². The Bertz CT molecular complexity index is 2190. The van der Waals surface area contributed by atoms with Gasteiger partial charge in [0.1, 0.15) is 21.9 Å². The second-order valence-electron chi connectivity index (χ2n) is 17.4. The fraction of sp³-hybridized carbons (Fsp3) is 0.468. The van der Waals surface area contributed by atoms with Gasteiger partial charge >= 0.3 is 18.0 Å². The van der Waals surface area contributed by atoms with Crippen molar-refractivity contribution in [2.45, 2.75) is 103 Å². The Morgan fingerprint density at radius 1 is 0.672 bits per heavy atom. The van der Waals surface area contributed by atoms with Crippen molar-refractivity contribution >= 4 is 63.9 Å². The summed E-state index contributed by atoms with van der Waals surface area (Å²) in [4.78, 5) is 70.4. The van der Waals surface area contributed by atoms with Crippen molar-refractivity contribution in [3.05, 3.63) is 82.6 Å². The maximum Gasteiger partial charge on any atom is 0.410 e. The Hall–Kier alpha value is -5.05. The largest absolute Gasteiger partial charge is 0.477 e. The lowest BCUT2D eigenvalue weighted by atomic mass is 9.82. The van der Waals surface area contributed by atoms with Crippen molar-refractivity contribution < 1.29 is 38.9 Å². The summed E-state index contributed by atoms with van der Waals surface area (Å²) in [6.45, 7) is 6.60. The van der Waals surface area contributed by atoms with Crippen LogP contribution >= 0.6 is 22.7 Å². The first-order valence-corrected chi connectivity index (χ1v) is 23.1. The molecule has 14 heteroatoms. The fourth-order valence-electron chi connectivity index (χ4n) is 9.27. The van der Waals surface area contributed by atoms with Gasteiger partial charge in [-0.25, -0.2) is 14.4 Å². The second kappa shape index (κ2) is 19.3. The Morgan fingerprint density at radius 2 is 1.13 bits per heavy atom. The lowest BCUT2D eigenvalue weighted by Gasteiger charge is -2.45. The zero-order valence-corrected chi connectivity index (χ0v) is 36.8. The minimum Gasteiger partial charge on any atom is -0.477 e. The number of anilines is 2. The summed E-state index contributed by atoms with van der Waals surface area (Å²) in [7, 11) is 0. The molecule has 0 bridgehead atoms. The maximum absolute atomic E-state index is 13.5. The highest BCUT2D eigenvalue weighted by Gasteiger charge is 2.43. The Kier molecular flexibility index (Phi) is 14.0. The number of hydrogen-bond donors (Lipinski definition) is 3. The summed E-state index contributed by atoms with van der Waals surface area (Å²) in [6.07, 6.45) is 10.5. The van der Waals surface area contributed by atoms with Crippen LogP contribution in [0, 0.1) is 11.8 Å². The van der Waals surface area contributed by atoms with Gasteiger partial charge in [0.15, 0.2) is 0 Å². The van der Waals surface area contributed by atoms with Gasteiger partial charge in [0.25, 0.3) is 0 Å². The van der Waals surface area contributed by atoms with Crippen LogP contribution in [0.5, 0.6) is 0 Å². The van der Waals surface area contributed by atoms with Gasteiger partial charge in [-0.15, -0.1) is 22.7 Å². The zero-order chi connectivity index (χ0) is 43.3. The molecule has 4 aliphatic rings. The van der Waals surface area contributed by atoms with Gasteiger partial charge in [0, 0.05) is 22.8 Å². The molecule has 2 aromatic heterocycles. The number of nitrogens with one attached hydrogen (secondary N) is 1. The van der Waals surface area contributed by atoms with Gasteiger partial charge < -0.3 is 30.1 Å². The van der Waals surface area contributed by atoms with E-state index in [0.717, 1.165) is 72.4 Å². The summed E-state index contributed by atoms with van der Waals surface area (Å²) in [6, 6.07) is 22.8. The summed E-state index contributed by atoms with van der Waals surface area (Å²) >= 11 is 2.43. The topological polar surface area (TPSA) is 157 Å². The monoisotopic (exact) mass is 868 g/mol. The molecule has 3 amide bonds. The van der Waals surface area contributed by atoms with Crippen molar-refractivity contribution in [2.24, 2.45) is 11.8 Å². The first-order chi connectivity index (χ1) is 29.3. The van der Waals surface area contributed by atoms with Gasteiger partial charge in [0.2, 0.25) is 11.8 Å². The third kappa shape index (κ3) is 10.4. The number of piperazine rings is 2. The SMILES string of the molecule is CC(C)(C)OC(=O)N1CC(=O)N(c2cc(-c3ccccc3)sc2C(=O)O)C(C2CCCCC2)C1.O=C(O)c1sc(-c2ccccc2)cc1N1C(=O)CNCC1C1CCCCC1. The van der Waals surface area contributed by atoms with Gasteiger partial charge in [-0.3, -0.25) is 14.5 Å². The molecule has 4 fully saturated rings. The molecule has 324 valence electrons. The highest BCUT2D eigenvalue weighted by Crippen LogP contribution is 2.43. The van der Waals surface area contributed by atoms with Gasteiger partial charge in [-0.2, -0.15) is 0 Å². The van der Waals surface area contributed by atoms with Crippen molar-refractivity contribution in [1.82, 2.24) is 10.2 Å². The van der Waals surface area contributed by atoms with Crippen LogP contribution in [0.25, 0.3) is 20.9 Å². The molecule has 0 radical (unpaired) electrons. The minimum atomic E-state index is -1.05. The second-order valence-corrected chi connectivity index (χ2v) is 19.5. The van der Waals surface area contributed by atoms with Crippen LogP contribution in [0.3, 0.4) is 0 Å². The molecule has 3 N–H and O–H groups in total. The molecule has 8 rings (SSSR count). The number of rotatable bonds is 8. The molecule has 4 aromatic rings. The highest BCUT2D eigenvalue weighted by molar-refractivity contribution is 7.18. The molecule has 4 heterocycles. The van der Waals surface area contributed by atoms with Gasteiger partial charge in [-0.05, 0) is 81.5 Å². The third-order valence-electron chi connectivity index (χ3n) is 12.1. The predicted octanol–water partition coefficient (Wildman–Crippen LogP) is 9.64. The number of ether oxygens (including phenoxy) is 1. The van der Waals surface area contributed by atoms with E-state index in [2.05, 4.69) is 5.32 Å². The van der Waals surface area contributed by atoms with Crippen molar-refractivity contribution in [3.63, 3.8) is 0 Å². The molecule has 2 saturated carbocycles. The molecule has 2 atom stereocenters. The van der Waals surface area contributed by atoms with Crippen LogP contribution < -0.4 is 15.1 Å². The number of hydrogen-bond acceptors (Lipinski definition) is 9. The standard InChI is InChI=1S/C26H32N2O5S.C21H24N2O3S/c1-26(2,3)33-25(32)27-15-20(17-10-6-4-7-11-17)28(22(29)16-27)19-14-21(34-23(19)24(30)31)18-12-8-5-9-13-18;24-19-13-22-12-17(14-7-3-1-4-8-14)23(19)16-11-18(27-20(16)21(25)26)15-9-5-2-6-10-15/h5,8-9,12-14,17,20H,4,6-7,10-11,15-16H2,1-3H3,(H,30,31);2,5-6,9-11,14,17,22H,1,3-4,7-8,12-13H2,(H,25,26). The van der Waals surface area contributed by atoms with Crippen molar-refractivity contribution in [1.29, 1.82) is 0 Å². The number of amides is 3. The zero-order valence-electron chi connectivity index (χ0n) is 35.1. The summed E-state index contributed by atoms with van der Waals surface area (Å²) in [5, 5.41) is 23.0. The molecular weight excluding hydrogens is 813 g/mol. The van der Waals surface area contributed by atoms with Gasteiger partial charge in [-0.1, -0.05) is 99.2 Å². The predicted molar refractivity (Wildman–Crippen MR) is 240 cm³/mol. The molecule has 2 saturated heterocycles.